The van der Waals surface area contributed by atoms with Crippen molar-refractivity contribution in [1.82, 2.24) is 15.5 Å². The van der Waals surface area contributed by atoms with Gasteiger partial charge in [0.15, 0.2) is 15.8 Å². The van der Waals surface area contributed by atoms with Gasteiger partial charge in [0.25, 0.3) is 0 Å². The third kappa shape index (κ3) is 7.84. The van der Waals surface area contributed by atoms with Crippen LogP contribution in [0, 0.1) is 12.7 Å². The van der Waals surface area contributed by atoms with E-state index in [-0.39, 0.29) is 29.8 Å². The fourth-order valence-corrected chi connectivity index (χ4v) is 3.99. The maximum atomic E-state index is 13.9. The van der Waals surface area contributed by atoms with Crippen LogP contribution in [0.2, 0.25) is 0 Å². The number of nitrogens with one attached hydrogen (secondary N) is 2. The van der Waals surface area contributed by atoms with Gasteiger partial charge in [0.2, 0.25) is 0 Å². The SMILES string of the molecule is CN=C(NCc1ccc(S(C)(=O)=O)c(C)c1)NCc1ccc(F)c(CN(C)C)c1.I. The van der Waals surface area contributed by atoms with Crippen molar-refractivity contribution < 1.29 is 12.8 Å². The molecule has 0 amide bonds. The van der Waals surface area contributed by atoms with Gasteiger partial charge in [0.1, 0.15) is 5.82 Å². The highest BCUT2D eigenvalue weighted by Gasteiger charge is 2.11. The standard InChI is InChI=1S/C21H29FN4O2S.HI/c1-15-10-16(7-9-20(15)29(5,27)28)12-24-21(23-2)25-13-17-6-8-19(22)18(11-17)14-26(3)4;/h6-11H,12-14H2,1-5H3,(H2,23,24,25);1H. The third-order valence-corrected chi connectivity index (χ3v) is 5.64. The predicted molar refractivity (Wildman–Crippen MR) is 131 cm³/mol. The Balaban J connectivity index is 0.00000450. The van der Waals surface area contributed by atoms with Crippen LogP contribution in [0.5, 0.6) is 0 Å². The van der Waals surface area contributed by atoms with E-state index in [1.165, 1.54) is 12.3 Å². The van der Waals surface area contributed by atoms with E-state index < -0.39 is 9.84 Å². The maximum absolute atomic E-state index is 13.9. The van der Waals surface area contributed by atoms with Gasteiger partial charge in [-0.25, -0.2) is 12.8 Å². The van der Waals surface area contributed by atoms with Crippen LogP contribution in [0.25, 0.3) is 0 Å². The lowest BCUT2D eigenvalue weighted by Gasteiger charge is -2.15. The molecule has 0 aromatic heterocycles. The van der Waals surface area contributed by atoms with Crippen LogP contribution in [0.1, 0.15) is 22.3 Å². The number of nitrogens with zero attached hydrogens (tertiary/aromatic N) is 2. The summed E-state index contributed by atoms with van der Waals surface area (Å²) in [5, 5.41) is 6.42. The molecule has 2 rings (SSSR count). The number of aliphatic imine (C=N–C) groups is 1. The van der Waals surface area contributed by atoms with Crippen LogP contribution in [0.3, 0.4) is 0 Å². The van der Waals surface area contributed by atoms with Crippen molar-refractivity contribution >= 4 is 39.8 Å². The summed E-state index contributed by atoms with van der Waals surface area (Å²) in [6.45, 7) is 3.33. The molecule has 30 heavy (non-hydrogen) atoms. The van der Waals surface area contributed by atoms with Gasteiger partial charge in [-0.1, -0.05) is 18.2 Å². The summed E-state index contributed by atoms with van der Waals surface area (Å²) in [6, 6.07) is 10.4. The molecule has 0 aliphatic carbocycles. The Bertz CT molecular complexity index is 994. The van der Waals surface area contributed by atoms with E-state index in [1.54, 1.807) is 32.2 Å². The monoisotopic (exact) mass is 548 g/mol. The Morgan fingerprint density at radius 2 is 1.63 bits per heavy atom. The van der Waals surface area contributed by atoms with Crippen molar-refractivity contribution in [2.24, 2.45) is 4.99 Å². The van der Waals surface area contributed by atoms with Gasteiger partial charge < -0.3 is 15.5 Å². The smallest absolute Gasteiger partial charge is 0.191 e. The van der Waals surface area contributed by atoms with Crippen LogP contribution >= 0.6 is 24.0 Å². The first kappa shape index (κ1) is 26.3. The minimum absolute atomic E-state index is 0. The quantitative estimate of drug-likeness (QED) is 0.316. The van der Waals surface area contributed by atoms with Crippen molar-refractivity contribution in [1.29, 1.82) is 0 Å². The molecule has 0 spiro atoms. The van der Waals surface area contributed by atoms with E-state index in [1.807, 2.05) is 31.1 Å². The van der Waals surface area contributed by atoms with E-state index in [4.69, 9.17) is 0 Å². The van der Waals surface area contributed by atoms with E-state index >= 15 is 0 Å². The fourth-order valence-electron chi connectivity index (χ4n) is 3.03. The molecule has 9 heteroatoms. The molecular weight excluding hydrogens is 518 g/mol. The topological polar surface area (TPSA) is 73.8 Å². The Labute approximate surface area is 195 Å². The molecule has 0 heterocycles. The van der Waals surface area contributed by atoms with Crippen molar-refractivity contribution in [3.05, 3.63) is 64.5 Å². The van der Waals surface area contributed by atoms with Gasteiger partial charge >= 0.3 is 0 Å². The zero-order valence-electron chi connectivity index (χ0n) is 18.0. The molecule has 166 valence electrons. The van der Waals surface area contributed by atoms with Gasteiger partial charge in [-0.3, -0.25) is 4.99 Å². The Morgan fingerprint density at radius 1 is 1.07 bits per heavy atom. The second-order valence-corrected chi connectivity index (χ2v) is 9.30. The second kappa shape index (κ2) is 11.6. The predicted octanol–water partition coefficient (Wildman–Crippen LogP) is 3.08. The summed E-state index contributed by atoms with van der Waals surface area (Å²) in [5.74, 6) is 0.395. The summed E-state index contributed by atoms with van der Waals surface area (Å²) in [4.78, 5) is 6.47. The number of benzene rings is 2. The number of guanidine groups is 1. The number of hydrogen-bond donors (Lipinski definition) is 2. The molecule has 6 nitrogen and oxygen atoms in total. The van der Waals surface area contributed by atoms with Crippen LogP contribution in [-0.4, -0.2) is 46.7 Å². The highest BCUT2D eigenvalue weighted by molar-refractivity contribution is 14.0. The van der Waals surface area contributed by atoms with Crippen molar-refractivity contribution in [2.45, 2.75) is 31.5 Å². The first-order valence-corrected chi connectivity index (χ1v) is 11.2. The molecular formula is C21H30FIN4O2S. The third-order valence-electron chi connectivity index (χ3n) is 4.38. The molecule has 2 aromatic carbocycles. The molecule has 0 bridgehead atoms. The number of hydrogen-bond acceptors (Lipinski definition) is 4. The average molecular weight is 548 g/mol. The van der Waals surface area contributed by atoms with Gasteiger partial charge in [0.05, 0.1) is 4.90 Å². The summed E-state index contributed by atoms with van der Waals surface area (Å²) in [7, 11) is 2.26. The van der Waals surface area contributed by atoms with E-state index in [0.29, 0.717) is 36.1 Å². The fraction of sp³-hybridized carbons (Fsp3) is 0.381. The molecule has 0 saturated heterocycles. The molecule has 2 aromatic rings. The largest absolute Gasteiger partial charge is 0.352 e. The first-order chi connectivity index (χ1) is 13.6. The van der Waals surface area contributed by atoms with Crippen LogP contribution in [0.4, 0.5) is 4.39 Å². The van der Waals surface area contributed by atoms with Crippen molar-refractivity contribution in [3.8, 4) is 0 Å². The van der Waals surface area contributed by atoms with Gasteiger partial charge in [-0.15, -0.1) is 24.0 Å². The molecule has 0 radical (unpaired) electrons. The summed E-state index contributed by atoms with van der Waals surface area (Å²) in [6.07, 6.45) is 1.21. The van der Waals surface area contributed by atoms with Gasteiger partial charge in [-0.2, -0.15) is 0 Å². The van der Waals surface area contributed by atoms with Crippen molar-refractivity contribution in [2.75, 3.05) is 27.4 Å². The number of rotatable bonds is 7. The van der Waals surface area contributed by atoms with E-state index in [9.17, 15) is 12.8 Å². The molecule has 0 atom stereocenters. The lowest BCUT2D eigenvalue weighted by molar-refractivity contribution is 0.392. The lowest BCUT2D eigenvalue weighted by atomic mass is 10.1. The lowest BCUT2D eigenvalue weighted by Crippen LogP contribution is -2.36. The molecule has 2 N–H and O–H groups in total. The zero-order chi connectivity index (χ0) is 21.6. The van der Waals surface area contributed by atoms with Gasteiger partial charge in [-0.05, 0) is 55.9 Å². The second-order valence-electron chi connectivity index (χ2n) is 7.31. The van der Waals surface area contributed by atoms with Crippen molar-refractivity contribution in [3.63, 3.8) is 0 Å². The molecule has 0 aliphatic rings. The Morgan fingerprint density at radius 3 is 2.13 bits per heavy atom. The first-order valence-electron chi connectivity index (χ1n) is 9.26. The number of aryl methyl sites for hydroxylation is 1. The van der Waals surface area contributed by atoms with Crippen LogP contribution in [0.15, 0.2) is 46.3 Å². The highest BCUT2D eigenvalue weighted by Crippen LogP contribution is 2.16. The zero-order valence-corrected chi connectivity index (χ0v) is 21.1. The van der Waals surface area contributed by atoms with Gasteiger partial charge in [0, 0.05) is 38.5 Å². The van der Waals surface area contributed by atoms with E-state index in [2.05, 4.69) is 15.6 Å². The minimum Gasteiger partial charge on any atom is -0.352 e. The normalized spacial score (nSPS) is 11.9. The number of halogens is 2. The molecule has 0 unspecified atom stereocenters. The summed E-state index contributed by atoms with van der Waals surface area (Å²) in [5.41, 5.74) is 3.28. The Hall–Kier alpha value is -1.72. The molecule has 0 fully saturated rings. The maximum Gasteiger partial charge on any atom is 0.191 e. The average Bonchev–Trinajstić information content (AvgIpc) is 2.63. The number of sulfone groups is 1. The highest BCUT2D eigenvalue weighted by atomic mass is 127. The summed E-state index contributed by atoms with van der Waals surface area (Å²) < 4.78 is 37.4. The van der Waals surface area contributed by atoms with Crippen LogP contribution < -0.4 is 10.6 Å². The van der Waals surface area contributed by atoms with Crippen LogP contribution in [-0.2, 0) is 29.5 Å². The Kier molecular flexibility index (Phi) is 10.2. The minimum atomic E-state index is -3.23. The molecule has 0 aliphatic heterocycles. The molecule has 0 saturated carbocycles. The summed E-state index contributed by atoms with van der Waals surface area (Å²) >= 11 is 0. The van der Waals surface area contributed by atoms with E-state index in [0.717, 1.165) is 16.7 Å².